The fourth-order valence-electron chi connectivity index (χ4n) is 6.16. The van der Waals surface area contributed by atoms with Crippen molar-refractivity contribution in [1.29, 1.82) is 0 Å². The summed E-state index contributed by atoms with van der Waals surface area (Å²) in [6.07, 6.45) is -2.16. The molecular formula is C33H42O8SSi. The van der Waals surface area contributed by atoms with Gasteiger partial charge in [0.1, 0.15) is 24.4 Å². The number of methoxy groups -OCH3 is 1. The molecule has 0 saturated carbocycles. The van der Waals surface area contributed by atoms with Crippen molar-refractivity contribution >= 4 is 28.8 Å². The highest BCUT2D eigenvalue weighted by Gasteiger charge is 2.65. The Hall–Kier alpha value is -2.41. The van der Waals surface area contributed by atoms with Gasteiger partial charge in [-0.2, -0.15) is 8.42 Å². The van der Waals surface area contributed by atoms with Gasteiger partial charge in [-0.1, -0.05) is 99.1 Å². The molecule has 4 atom stereocenters. The summed E-state index contributed by atoms with van der Waals surface area (Å²) in [5.74, 6) is -0.950. The third kappa shape index (κ3) is 6.12. The first kappa shape index (κ1) is 32.0. The summed E-state index contributed by atoms with van der Waals surface area (Å²) >= 11 is 0. The molecule has 2 saturated heterocycles. The van der Waals surface area contributed by atoms with Crippen LogP contribution in [0, 0.1) is 6.92 Å². The number of ether oxygens (including phenoxy) is 4. The highest BCUT2D eigenvalue weighted by atomic mass is 32.2. The molecule has 0 aliphatic carbocycles. The lowest BCUT2D eigenvalue weighted by atomic mass is 9.97. The lowest BCUT2D eigenvalue weighted by Crippen LogP contribution is -2.68. The number of rotatable bonds is 10. The van der Waals surface area contributed by atoms with Gasteiger partial charge in [-0.25, -0.2) is 0 Å². The Balaban J connectivity index is 1.58. The summed E-state index contributed by atoms with van der Waals surface area (Å²) in [6.45, 7) is 11.7. The predicted molar refractivity (Wildman–Crippen MR) is 166 cm³/mol. The lowest BCUT2D eigenvalue weighted by Gasteiger charge is -2.45. The van der Waals surface area contributed by atoms with Crippen LogP contribution in [0.25, 0.3) is 0 Å². The van der Waals surface area contributed by atoms with E-state index in [1.165, 1.54) is 19.2 Å². The predicted octanol–water partition coefficient (Wildman–Crippen LogP) is 4.54. The summed E-state index contributed by atoms with van der Waals surface area (Å²) in [5, 5.41) is 1.84. The molecule has 0 spiro atoms. The maximum atomic E-state index is 13.4. The topological polar surface area (TPSA) is 89.5 Å². The molecule has 0 radical (unpaired) electrons. The normalized spacial score (nSPS) is 25.5. The zero-order chi connectivity index (χ0) is 31.1. The van der Waals surface area contributed by atoms with Crippen LogP contribution in [0.15, 0.2) is 89.8 Å². The van der Waals surface area contributed by atoms with E-state index < -0.39 is 48.3 Å². The van der Waals surface area contributed by atoms with E-state index in [9.17, 15) is 8.42 Å². The molecule has 3 aromatic carbocycles. The minimum Gasteiger partial charge on any atom is -0.404 e. The maximum Gasteiger partial charge on any atom is 0.297 e. The first-order chi connectivity index (χ1) is 20.2. The molecule has 3 aromatic rings. The molecule has 0 aromatic heterocycles. The first-order valence-electron chi connectivity index (χ1n) is 14.5. The van der Waals surface area contributed by atoms with Crippen LogP contribution in [0.2, 0.25) is 5.04 Å². The summed E-state index contributed by atoms with van der Waals surface area (Å²) in [4.78, 5) is 0.0583. The number of fused-ring (bicyclic) bond motifs is 1. The van der Waals surface area contributed by atoms with Gasteiger partial charge in [0.15, 0.2) is 12.1 Å². The lowest BCUT2D eigenvalue weighted by molar-refractivity contribution is -0.259. The van der Waals surface area contributed by atoms with Gasteiger partial charge in [-0.3, -0.25) is 4.18 Å². The Labute approximate surface area is 256 Å². The Morgan fingerprint density at radius 2 is 1.37 bits per heavy atom. The minimum atomic E-state index is -4.13. The monoisotopic (exact) mass is 626 g/mol. The maximum absolute atomic E-state index is 13.4. The van der Waals surface area contributed by atoms with Crippen LogP contribution < -0.4 is 10.4 Å². The molecule has 8 nitrogen and oxygen atoms in total. The summed E-state index contributed by atoms with van der Waals surface area (Å²) in [7, 11) is -5.65. The molecule has 0 N–H and O–H groups in total. The van der Waals surface area contributed by atoms with E-state index in [-0.39, 0.29) is 23.1 Å². The van der Waals surface area contributed by atoms with Crippen molar-refractivity contribution in [3.63, 3.8) is 0 Å². The van der Waals surface area contributed by atoms with Gasteiger partial charge in [0.25, 0.3) is 18.4 Å². The second kappa shape index (κ2) is 11.8. The largest absolute Gasteiger partial charge is 0.404 e. The van der Waals surface area contributed by atoms with Crippen LogP contribution in [0.5, 0.6) is 0 Å². The molecule has 2 fully saturated rings. The van der Waals surface area contributed by atoms with Crippen LogP contribution in [-0.4, -0.2) is 66.9 Å². The highest BCUT2D eigenvalue weighted by Crippen LogP contribution is 2.46. The molecule has 0 unspecified atom stereocenters. The fourth-order valence-corrected chi connectivity index (χ4v) is 11.7. The van der Waals surface area contributed by atoms with Gasteiger partial charge in [0, 0.05) is 7.11 Å². The second-order valence-corrected chi connectivity index (χ2v) is 18.7. The molecule has 2 heterocycles. The Kier molecular flexibility index (Phi) is 8.80. The van der Waals surface area contributed by atoms with Crippen LogP contribution in [0.4, 0.5) is 0 Å². The molecule has 2 aliphatic heterocycles. The van der Waals surface area contributed by atoms with E-state index in [0.29, 0.717) is 0 Å². The van der Waals surface area contributed by atoms with Crippen molar-refractivity contribution in [2.24, 2.45) is 0 Å². The molecular weight excluding hydrogens is 585 g/mol. The second-order valence-electron chi connectivity index (χ2n) is 12.8. The zero-order valence-electron chi connectivity index (χ0n) is 25.9. The third-order valence-corrected chi connectivity index (χ3v) is 14.5. The van der Waals surface area contributed by atoms with Crippen LogP contribution >= 0.6 is 0 Å². The number of aryl methyl sites for hydroxylation is 1. The fraction of sp³-hybridized carbons (Fsp3) is 0.455. The van der Waals surface area contributed by atoms with Crippen molar-refractivity contribution < 1.29 is 36.0 Å². The summed E-state index contributed by atoms with van der Waals surface area (Å²) in [5.41, 5.74) is -0.429. The number of hydrogen-bond acceptors (Lipinski definition) is 8. The molecule has 0 amide bonds. The van der Waals surface area contributed by atoms with Crippen molar-refractivity contribution in [3.05, 3.63) is 90.5 Å². The average molecular weight is 627 g/mol. The van der Waals surface area contributed by atoms with Crippen molar-refractivity contribution in [1.82, 2.24) is 0 Å². The molecule has 2 aliphatic rings. The highest BCUT2D eigenvalue weighted by molar-refractivity contribution is 7.86. The van der Waals surface area contributed by atoms with E-state index in [0.717, 1.165) is 15.9 Å². The van der Waals surface area contributed by atoms with Crippen LogP contribution in [0.1, 0.15) is 40.2 Å². The molecule has 5 rings (SSSR count). The van der Waals surface area contributed by atoms with E-state index in [1.807, 2.05) is 57.2 Å². The van der Waals surface area contributed by atoms with E-state index in [1.54, 1.807) is 12.1 Å². The molecule has 232 valence electrons. The quantitative estimate of drug-likeness (QED) is 0.240. The SMILES string of the molecule is CO[C@@H]1O[C@@](CO[Si](c2ccccc2)(c2ccccc2)C(C)(C)C)(COS(=O)(=O)c2ccc(C)cc2)[C@H]2OC(C)(C)O[C@@H]12. The first-order valence-corrected chi connectivity index (χ1v) is 17.8. The standard InChI is InChI=1S/C33H42O8SSi/c1-24-18-20-25(21-19-24)42(34,35)37-22-33(29-28(30(36-7)41-33)39-32(5,6)40-29)23-38-43(31(2,3)4,26-14-10-8-11-15-26)27-16-12-9-13-17-27/h8-21,28-30H,22-23H2,1-7H3/t28-,29+,30-,33-/m1/s1. The Morgan fingerprint density at radius 3 is 1.88 bits per heavy atom. The molecule has 0 bridgehead atoms. The van der Waals surface area contributed by atoms with Gasteiger partial charge < -0.3 is 23.4 Å². The van der Waals surface area contributed by atoms with Crippen molar-refractivity contribution in [3.8, 4) is 0 Å². The molecule has 10 heteroatoms. The van der Waals surface area contributed by atoms with E-state index >= 15 is 0 Å². The average Bonchev–Trinajstić information content (AvgIpc) is 3.44. The minimum absolute atomic E-state index is 0.0236. The van der Waals surface area contributed by atoms with Crippen LogP contribution in [0.3, 0.4) is 0 Å². The van der Waals surface area contributed by atoms with Gasteiger partial charge in [-0.15, -0.1) is 0 Å². The van der Waals surface area contributed by atoms with Gasteiger partial charge in [-0.05, 0) is 48.3 Å². The van der Waals surface area contributed by atoms with Crippen molar-refractivity contribution in [2.75, 3.05) is 20.3 Å². The summed E-state index contributed by atoms with van der Waals surface area (Å²) < 4.78 is 64.7. The Morgan fingerprint density at radius 1 is 0.814 bits per heavy atom. The number of benzene rings is 3. The number of hydrogen-bond donors (Lipinski definition) is 0. The Bertz CT molecular complexity index is 1450. The zero-order valence-corrected chi connectivity index (χ0v) is 27.7. The van der Waals surface area contributed by atoms with Gasteiger partial charge >= 0.3 is 0 Å². The smallest absolute Gasteiger partial charge is 0.297 e. The van der Waals surface area contributed by atoms with Gasteiger partial charge in [0.05, 0.1) is 11.5 Å². The van der Waals surface area contributed by atoms with Gasteiger partial charge in [0.2, 0.25) is 0 Å². The van der Waals surface area contributed by atoms with E-state index in [4.69, 9.17) is 27.6 Å². The van der Waals surface area contributed by atoms with E-state index in [2.05, 4.69) is 45.0 Å². The van der Waals surface area contributed by atoms with Crippen molar-refractivity contribution in [2.45, 2.75) is 81.4 Å². The third-order valence-electron chi connectivity index (χ3n) is 8.22. The van der Waals surface area contributed by atoms with Crippen LogP contribution in [-0.2, 0) is 37.7 Å². The summed E-state index contributed by atoms with van der Waals surface area (Å²) in [6, 6.07) is 27.0. The molecule has 43 heavy (non-hydrogen) atoms.